The zero-order valence-electron chi connectivity index (χ0n) is 10.8. The first-order chi connectivity index (χ1) is 9.18. The molecule has 1 aromatic rings. The molecule has 1 aromatic heterocycles. The van der Waals surface area contributed by atoms with Crippen molar-refractivity contribution in [3.63, 3.8) is 0 Å². The van der Waals surface area contributed by atoms with Crippen molar-refractivity contribution < 1.29 is 9.59 Å². The van der Waals surface area contributed by atoms with Crippen molar-refractivity contribution in [2.24, 2.45) is 0 Å². The highest BCUT2D eigenvalue weighted by Gasteiger charge is 2.18. The van der Waals surface area contributed by atoms with E-state index in [0.29, 0.717) is 5.69 Å². The van der Waals surface area contributed by atoms with Gasteiger partial charge in [0.25, 0.3) is 5.91 Å². The molecule has 1 saturated heterocycles. The highest BCUT2D eigenvalue weighted by molar-refractivity contribution is 5.98. The summed E-state index contributed by atoms with van der Waals surface area (Å²) >= 11 is 0. The number of aromatic nitrogens is 1. The average Bonchev–Trinajstić information content (AvgIpc) is 2.46. The Kier molecular flexibility index (Phi) is 4.33. The number of carbonyl (C=O) groups is 2. The van der Waals surface area contributed by atoms with E-state index in [9.17, 15) is 9.59 Å². The zero-order chi connectivity index (χ0) is 13.7. The first kappa shape index (κ1) is 13.3. The Labute approximate surface area is 112 Å². The molecule has 1 fully saturated rings. The average molecular weight is 262 g/mol. The van der Waals surface area contributed by atoms with Gasteiger partial charge in [0.15, 0.2) is 5.69 Å². The van der Waals surface area contributed by atoms with Crippen LogP contribution in [-0.4, -0.2) is 41.3 Å². The van der Waals surface area contributed by atoms with E-state index in [1.54, 1.807) is 17.0 Å². The van der Waals surface area contributed by atoms with Gasteiger partial charge in [0.2, 0.25) is 5.91 Å². The van der Waals surface area contributed by atoms with Gasteiger partial charge >= 0.3 is 0 Å². The Morgan fingerprint density at radius 3 is 2.74 bits per heavy atom. The van der Waals surface area contributed by atoms with Crippen LogP contribution in [0.25, 0.3) is 0 Å². The summed E-state index contributed by atoms with van der Waals surface area (Å²) in [5.41, 5.74) is 6.12. The van der Waals surface area contributed by atoms with E-state index in [0.717, 1.165) is 25.9 Å². The quantitative estimate of drug-likeness (QED) is 0.825. The van der Waals surface area contributed by atoms with E-state index in [2.05, 4.69) is 10.3 Å². The molecular formula is C13H18N4O2. The highest BCUT2D eigenvalue weighted by Crippen LogP contribution is 2.09. The summed E-state index contributed by atoms with van der Waals surface area (Å²) in [5.74, 6) is -0.467. The van der Waals surface area contributed by atoms with E-state index >= 15 is 0 Å². The molecule has 0 aromatic carbocycles. The zero-order valence-corrected chi connectivity index (χ0v) is 10.8. The van der Waals surface area contributed by atoms with Gasteiger partial charge in [-0.25, -0.2) is 4.98 Å². The van der Waals surface area contributed by atoms with Crippen LogP contribution in [0.2, 0.25) is 0 Å². The summed E-state index contributed by atoms with van der Waals surface area (Å²) in [4.78, 5) is 29.4. The Bertz CT molecular complexity index is 469. The molecule has 102 valence electrons. The van der Waals surface area contributed by atoms with Crippen LogP contribution in [0.15, 0.2) is 18.3 Å². The van der Waals surface area contributed by atoms with Gasteiger partial charge in [0.05, 0.1) is 12.2 Å². The third-order valence-electron chi connectivity index (χ3n) is 3.16. The van der Waals surface area contributed by atoms with Gasteiger partial charge in [-0.2, -0.15) is 0 Å². The number of carbonyl (C=O) groups excluding carboxylic acids is 2. The minimum absolute atomic E-state index is 0.00511. The first-order valence-electron chi connectivity index (χ1n) is 6.45. The smallest absolute Gasteiger partial charge is 0.272 e. The molecular weight excluding hydrogens is 244 g/mol. The fourth-order valence-corrected chi connectivity index (χ4v) is 2.10. The number of pyridine rings is 1. The normalized spacial score (nSPS) is 15.1. The summed E-state index contributed by atoms with van der Waals surface area (Å²) in [5, 5.41) is 2.56. The van der Waals surface area contributed by atoms with E-state index in [4.69, 9.17) is 5.73 Å². The second kappa shape index (κ2) is 6.17. The fourth-order valence-electron chi connectivity index (χ4n) is 2.10. The minimum atomic E-state index is -0.413. The Morgan fingerprint density at radius 1 is 1.32 bits per heavy atom. The van der Waals surface area contributed by atoms with Crippen molar-refractivity contribution in [1.29, 1.82) is 0 Å². The van der Waals surface area contributed by atoms with Gasteiger partial charge in [-0.05, 0) is 31.4 Å². The van der Waals surface area contributed by atoms with Gasteiger partial charge in [-0.1, -0.05) is 0 Å². The predicted octanol–water partition coefficient (Wildman–Crippen LogP) is 0.406. The second-order valence-electron chi connectivity index (χ2n) is 4.57. The van der Waals surface area contributed by atoms with E-state index in [-0.39, 0.29) is 18.1 Å². The monoisotopic (exact) mass is 262 g/mol. The molecule has 19 heavy (non-hydrogen) atoms. The Hall–Kier alpha value is -2.11. The van der Waals surface area contributed by atoms with Gasteiger partial charge in [0, 0.05) is 19.3 Å². The number of likely N-dealkylation sites (tertiary alicyclic amines) is 1. The van der Waals surface area contributed by atoms with Crippen LogP contribution in [0, 0.1) is 0 Å². The molecule has 6 heteroatoms. The molecule has 0 radical (unpaired) electrons. The SMILES string of the molecule is Nc1cccnc1C(=O)NCC(=O)N1CCCCC1. The molecule has 2 rings (SSSR count). The molecule has 0 unspecified atom stereocenters. The lowest BCUT2D eigenvalue weighted by Gasteiger charge is -2.26. The van der Waals surface area contributed by atoms with Gasteiger partial charge in [-0.3, -0.25) is 9.59 Å². The topological polar surface area (TPSA) is 88.3 Å². The van der Waals surface area contributed by atoms with Gasteiger partial charge in [-0.15, -0.1) is 0 Å². The van der Waals surface area contributed by atoms with Crippen molar-refractivity contribution in [3.8, 4) is 0 Å². The number of nitrogens with one attached hydrogen (secondary N) is 1. The van der Waals surface area contributed by atoms with Crippen molar-refractivity contribution in [1.82, 2.24) is 15.2 Å². The second-order valence-corrected chi connectivity index (χ2v) is 4.57. The summed E-state index contributed by atoms with van der Waals surface area (Å²) < 4.78 is 0. The van der Waals surface area contributed by atoms with E-state index in [1.165, 1.54) is 12.6 Å². The maximum absolute atomic E-state index is 11.9. The third-order valence-corrected chi connectivity index (χ3v) is 3.16. The van der Waals surface area contributed by atoms with E-state index < -0.39 is 5.91 Å². The summed E-state index contributed by atoms with van der Waals surface area (Å²) in [7, 11) is 0. The number of rotatable bonds is 3. The molecule has 3 N–H and O–H groups in total. The van der Waals surface area contributed by atoms with Gasteiger partial charge < -0.3 is 16.0 Å². The number of nitrogens with zero attached hydrogens (tertiary/aromatic N) is 2. The summed E-state index contributed by atoms with van der Waals surface area (Å²) in [6.45, 7) is 1.55. The Morgan fingerprint density at radius 2 is 2.05 bits per heavy atom. The predicted molar refractivity (Wildman–Crippen MR) is 71.4 cm³/mol. The van der Waals surface area contributed by atoms with Crippen LogP contribution in [0.3, 0.4) is 0 Å². The molecule has 1 aliphatic heterocycles. The first-order valence-corrected chi connectivity index (χ1v) is 6.45. The summed E-state index contributed by atoms with van der Waals surface area (Å²) in [6.07, 6.45) is 4.73. The number of hydrogen-bond donors (Lipinski definition) is 2. The van der Waals surface area contributed by atoms with Crippen LogP contribution >= 0.6 is 0 Å². The molecule has 0 saturated carbocycles. The maximum atomic E-state index is 11.9. The van der Waals surface area contributed by atoms with Crippen LogP contribution in [-0.2, 0) is 4.79 Å². The number of nitrogens with two attached hydrogens (primary N) is 1. The van der Waals surface area contributed by atoms with Crippen molar-refractivity contribution in [3.05, 3.63) is 24.0 Å². The molecule has 2 amide bonds. The molecule has 0 aliphatic carbocycles. The number of amides is 2. The lowest BCUT2D eigenvalue weighted by molar-refractivity contribution is -0.130. The van der Waals surface area contributed by atoms with Crippen LogP contribution < -0.4 is 11.1 Å². The maximum Gasteiger partial charge on any atom is 0.272 e. The van der Waals surface area contributed by atoms with Crippen LogP contribution in [0.1, 0.15) is 29.8 Å². The van der Waals surface area contributed by atoms with Crippen molar-refractivity contribution in [2.75, 3.05) is 25.4 Å². The largest absolute Gasteiger partial charge is 0.397 e. The molecule has 1 aliphatic rings. The van der Waals surface area contributed by atoms with Crippen LogP contribution in [0.4, 0.5) is 5.69 Å². The molecule has 2 heterocycles. The van der Waals surface area contributed by atoms with Crippen molar-refractivity contribution >= 4 is 17.5 Å². The molecule has 0 bridgehead atoms. The summed E-state index contributed by atoms with van der Waals surface area (Å²) in [6, 6.07) is 3.26. The minimum Gasteiger partial charge on any atom is -0.397 e. The standard InChI is InChI=1S/C13H18N4O2/c14-10-5-4-6-15-12(10)13(19)16-9-11(18)17-7-2-1-3-8-17/h4-6H,1-3,7-9,14H2,(H,16,19). The lowest BCUT2D eigenvalue weighted by atomic mass is 10.1. The van der Waals surface area contributed by atoms with Crippen LogP contribution in [0.5, 0.6) is 0 Å². The Balaban J connectivity index is 1.86. The molecule has 0 atom stereocenters. The number of hydrogen-bond acceptors (Lipinski definition) is 4. The molecule has 6 nitrogen and oxygen atoms in total. The van der Waals surface area contributed by atoms with E-state index in [1.807, 2.05) is 0 Å². The van der Waals surface area contributed by atoms with Gasteiger partial charge in [0.1, 0.15) is 0 Å². The molecule has 0 spiro atoms. The number of anilines is 1. The highest BCUT2D eigenvalue weighted by atomic mass is 16.2. The third kappa shape index (κ3) is 3.43. The number of nitrogen functional groups attached to an aromatic ring is 1. The number of piperidine rings is 1. The fraction of sp³-hybridized carbons (Fsp3) is 0.462. The lowest BCUT2D eigenvalue weighted by Crippen LogP contribution is -2.42. The van der Waals surface area contributed by atoms with Crippen molar-refractivity contribution in [2.45, 2.75) is 19.3 Å².